The molecular weight excluding hydrogens is 515 g/mol. The van der Waals surface area contributed by atoms with Crippen molar-refractivity contribution in [3.05, 3.63) is 0 Å². The number of rotatable bonds is 17. The van der Waals surface area contributed by atoms with Gasteiger partial charge in [0.25, 0.3) is 0 Å². The maximum absolute atomic E-state index is 11.5. The van der Waals surface area contributed by atoms with E-state index in [0.29, 0.717) is 13.2 Å². The van der Waals surface area contributed by atoms with Gasteiger partial charge in [-0.3, -0.25) is 18.7 Å². The molecule has 8 nitrogen and oxygen atoms in total. The van der Waals surface area contributed by atoms with Crippen molar-refractivity contribution >= 4 is 62.9 Å². The Balaban J connectivity index is -0.000000272. The van der Waals surface area contributed by atoms with Crippen LogP contribution in [0.15, 0.2) is 0 Å². The minimum absolute atomic E-state index is 0. The van der Waals surface area contributed by atoms with Gasteiger partial charge in [-0.1, -0.05) is 78.1 Å². The maximum Gasteiger partial charge on any atom is -0.0149 e. The predicted octanol–water partition coefficient (Wildman–Crippen LogP) is 2.82. The van der Waals surface area contributed by atoms with Crippen LogP contribution in [0, 0.1) is 0 Å². The fourth-order valence-corrected chi connectivity index (χ4v) is 2.49. The Morgan fingerprint density at radius 2 is 0.906 bits per heavy atom. The summed E-state index contributed by atoms with van der Waals surface area (Å²) in [5.74, 6) is -0.583. The molecule has 0 aliphatic rings. The van der Waals surface area contributed by atoms with E-state index in [-0.39, 0.29) is 82.4 Å². The molecule has 0 heterocycles. The van der Waals surface area contributed by atoms with Crippen molar-refractivity contribution in [3.63, 3.8) is 0 Å². The van der Waals surface area contributed by atoms with Crippen molar-refractivity contribution in [2.45, 2.75) is 104 Å². The van der Waals surface area contributed by atoms with Gasteiger partial charge in [0.1, 0.15) is 0 Å². The minimum Gasteiger partial charge on any atom is -0.0149 e. The number of esters is 2. The Labute approximate surface area is 232 Å². The molecule has 0 spiro atoms. The summed E-state index contributed by atoms with van der Waals surface area (Å²) < 4.78 is 41.8. The summed E-state index contributed by atoms with van der Waals surface area (Å²) in [7, 11) is -4.67. The summed E-state index contributed by atoms with van der Waals surface area (Å²) in [5.41, 5.74) is 0. The number of ether oxygens (including phenoxy) is 2. The number of carbonyl (C=O) groups is 2. The summed E-state index contributed by atoms with van der Waals surface area (Å²) in [4.78, 5) is 23.1. The molecule has 0 saturated carbocycles. The van der Waals surface area contributed by atoms with Gasteiger partial charge >= 0.3 is 51.9 Å². The van der Waals surface area contributed by atoms with Crippen LogP contribution < -0.4 is 0 Å². The zero-order valence-corrected chi connectivity index (χ0v) is 20.1. The fraction of sp³-hybridized carbons (Fsp3) is 0.900. The average molecular weight is 560 g/mol. The molecule has 0 fully saturated rings. The van der Waals surface area contributed by atoms with Gasteiger partial charge in [-0.2, -0.15) is 8.42 Å². The molecule has 0 atom stereocenters. The van der Waals surface area contributed by atoms with E-state index >= 15 is 0 Å². The van der Waals surface area contributed by atoms with E-state index in [9.17, 15) is 9.59 Å². The Hall–Kier alpha value is 0.546. The number of carbonyl (C=O) groups excluding carboxylic acids is 2. The number of hydrogen-bond donors (Lipinski definition) is 2. The van der Waals surface area contributed by atoms with E-state index in [4.69, 9.17) is 27.0 Å². The maximum atomic E-state index is 11.5. The smallest absolute Gasteiger partial charge is 0.0149 e. The van der Waals surface area contributed by atoms with Gasteiger partial charge in [0.15, 0.2) is 0 Å². The van der Waals surface area contributed by atoms with Gasteiger partial charge in [0.05, 0.1) is 26.1 Å². The monoisotopic (exact) mass is 559 g/mol. The van der Waals surface area contributed by atoms with Gasteiger partial charge in [0.2, 0.25) is 0 Å². The molecule has 32 heavy (non-hydrogen) atoms. The Morgan fingerprint density at radius 1 is 0.656 bits per heavy atom. The summed E-state index contributed by atoms with van der Waals surface area (Å²) in [6, 6.07) is 0. The van der Waals surface area contributed by atoms with Crippen LogP contribution in [0.3, 0.4) is 0 Å². The molecule has 0 amide bonds. The molecule has 1 radical (unpaired) electrons. The quantitative estimate of drug-likeness (QED) is 0.120. The van der Waals surface area contributed by atoms with Crippen LogP contribution in [-0.4, -0.2) is 83.2 Å². The van der Waals surface area contributed by atoms with Gasteiger partial charge in [0, 0.05) is 17.1 Å². The van der Waals surface area contributed by atoms with Crippen LogP contribution in [0.25, 0.3) is 0 Å². The molecule has 0 unspecified atom stereocenters. The Kier molecular flexibility index (Phi) is 42.1. The molecule has 0 aliphatic carbocycles. The molecule has 0 aromatic carbocycles. The van der Waals surface area contributed by atoms with Crippen LogP contribution in [0.1, 0.15) is 104 Å². The number of hydrogen-bond acceptors (Lipinski definition) is 6. The first-order valence-corrected chi connectivity index (χ1v) is 12.1. The second-order valence-electron chi connectivity index (χ2n) is 6.92. The van der Waals surface area contributed by atoms with E-state index < -0.39 is 10.4 Å². The first kappa shape index (κ1) is 42.7. The largest absolute Gasteiger partial charge is 0.0149 e. The van der Waals surface area contributed by atoms with Crippen molar-refractivity contribution < 1.29 is 53.7 Å². The van der Waals surface area contributed by atoms with Crippen LogP contribution in [0.5, 0.6) is 0 Å². The molecule has 0 rings (SSSR count). The fourth-order valence-electron chi connectivity index (χ4n) is 2.49. The molecule has 0 bridgehead atoms. The normalized spacial score (nSPS) is 9.75. The second kappa shape index (κ2) is 31.5. The zero-order valence-electron chi connectivity index (χ0n) is 18.4. The standard InChI is InChI=1S/C20H38O4.Cu.Na.H2O4S.H4Si.H/c1-3-5-7-9-11-13-17-23-19(21)15-16-20(22)24-18-14-12-10-8-6-4-2;;;1-5(2,3)4;;/h3-18H2,1-2H3;;;(H2,1,2,3,4);1H4;. The molecule has 0 aromatic heterocycles. The van der Waals surface area contributed by atoms with Crippen LogP contribution >= 0.6 is 0 Å². The van der Waals surface area contributed by atoms with Crippen molar-refractivity contribution in [2.24, 2.45) is 0 Å². The topological polar surface area (TPSA) is 127 Å². The number of unbranched alkanes of at least 4 members (excludes halogenated alkanes) is 10. The summed E-state index contributed by atoms with van der Waals surface area (Å²) in [5, 5.41) is 0. The van der Waals surface area contributed by atoms with Crippen molar-refractivity contribution in [2.75, 3.05) is 13.2 Å². The van der Waals surface area contributed by atoms with Crippen molar-refractivity contribution in [1.29, 1.82) is 0 Å². The van der Waals surface area contributed by atoms with Crippen LogP contribution in [-0.2, 0) is 46.5 Å². The Morgan fingerprint density at radius 3 is 1.19 bits per heavy atom. The molecule has 195 valence electrons. The summed E-state index contributed by atoms with van der Waals surface area (Å²) >= 11 is 0. The Bertz CT molecular complexity index is 472. The molecule has 12 heteroatoms. The summed E-state index contributed by atoms with van der Waals surface area (Å²) in [6.45, 7) is 5.33. The van der Waals surface area contributed by atoms with E-state index in [0.717, 1.165) is 25.7 Å². The first-order valence-electron chi connectivity index (χ1n) is 10.7. The zero-order chi connectivity index (χ0) is 22.4. The van der Waals surface area contributed by atoms with Crippen molar-refractivity contribution in [1.82, 2.24) is 0 Å². The van der Waals surface area contributed by atoms with Gasteiger partial charge in [-0.25, -0.2) is 0 Å². The van der Waals surface area contributed by atoms with E-state index in [1.165, 1.54) is 51.4 Å². The summed E-state index contributed by atoms with van der Waals surface area (Å²) in [6.07, 6.45) is 14.3. The van der Waals surface area contributed by atoms with E-state index in [2.05, 4.69) is 13.8 Å². The SMILES string of the molecule is CCCCCCCCOC(=O)CCC(=O)OCCCCCCCC.O=S(=O)(O)O.[Cu].[NaH].[SiH4]. The van der Waals surface area contributed by atoms with Crippen LogP contribution in [0.4, 0.5) is 0 Å². The molecular formula is C20H45CuNaO8SSi. The van der Waals surface area contributed by atoms with E-state index in [1.807, 2.05) is 0 Å². The van der Waals surface area contributed by atoms with Gasteiger partial charge in [-0.05, 0) is 23.8 Å². The van der Waals surface area contributed by atoms with Crippen molar-refractivity contribution in [3.8, 4) is 0 Å². The van der Waals surface area contributed by atoms with Gasteiger partial charge < -0.3 is 9.47 Å². The minimum atomic E-state index is -4.67. The molecule has 0 aliphatic heterocycles. The van der Waals surface area contributed by atoms with Crippen LogP contribution in [0.2, 0.25) is 0 Å². The third kappa shape index (κ3) is 48.1. The third-order valence-corrected chi connectivity index (χ3v) is 4.06. The molecule has 2 N–H and O–H groups in total. The first-order chi connectivity index (χ1) is 13.7. The molecule has 0 aromatic rings. The predicted molar refractivity (Wildman–Crippen MR) is 131 cm³/mol. The average Bonchev–Trinajstić information content (AvgIpc) is 2.63. The second-order valence-corrected chi connectivity index (χ2v) is 7.82. The third-order valence-electron chi connectivity index (χ3n) is 4.06. The molecule has 0 saturated heterocycles. The van der Waals surface area contributed by atoms with Gasteiger partial charge in [-0.15, -0.1) is 0 Å². The van der Waals surface area contributed by atoms with E-state index in [1.54, 1.807) is 0 Å².